The molecule has 128 valence electrons. The van der Waals surface area contributed by atoms with Gasteiger partial charge in [-0.05, 0) is 6.07 Å². The van der Waals surface area contributed by atoms with Crippen LogP contribution in [0.25, 0.3) is 0 Å². The van der Waals surface area contributed by atoms with Crippen LogP contribution in [0.3, 0.4) is 0 Å². The highest BCUT2D eigenvalue weighted by Crippen LogP contribution is 2.17. The molecule has 0 saturated carbocycles. The van der Waals surface area contributed by atoms with Gasteiger partial charge in [-0.15, -0.1) is 0 Å². The number of methoxy groups -OCH3 is 2. The van der Waals surface area contributed by atoms with Gasteiger partial charge in [0.25, 0.3) is 0 Å². The molecule has 0 aliphatic rings. The van der Waals surface area contributed by atoms with Crippen molar-refractivity contribution in [2.45, 2.75) is 13.0 Å². The average molecular weight is 331 g/mol. The highest BCUT2D eigenvalue weighted by molar-refractivity contribution is 5.79. The summed E-state index contributed by atoms with van der Waals surface area (Å²) in [6, 6.07) is 7.62. The number of ether oxygens (including phenoxy) is 2. The Morgan fingerprint density at radius 3 is 2.54 bits per heavy atom. The third-order valence-corrected chi connectivity index (χ3v) is 3.22. The van der Waals surface area contributed by atoms with E-state index in [0.717, 1.165) is 5.56 Å². The minimum atomic E-state index is -0.148. The van der Waals surface area contributed by atoms with Crippen LogP contribution in [-0.4, -0.2) is 49.2 Å². The molecule has 0 radical (unpaired) electrons. The molecule has 0 unspecified atom stereocenters. The summed E-state index contributed by atoms with van der Waals surface area (Å²) in [5.41, 5.74) is 0.819. The molecule has 0 atom stereocenters. The van der Waals surface area contributed by atoms with Gasteiger partial charge in [0.15, 0.2) is 5.82 Å². The lowest BCUT2D eigenvalue weighted by molar-refractivity contribution is -0.120. The van der Waals surface area contributed by atoms with Crippen LogP contribution in [0, 0.1) is 0 Å². The Bertz CT molecular complexity index is 706. The van der Waals surface area contributed by atoms with Crippen LogP contribution < -0.4 is 19.7 Å². The Morgan fingerprint density at radius 2 is 1.88 bits per heavy atom. The lowest BCUT2D eigenvalue weighted by Crippen LogP contribution is -2.26. The fourth-order valence-corrected chi connectivity index (χ4v) is 2.02. The van der Waals surface area contributed by atoms with Gasteiger partial charge in [-0.1, -0.05) is 18.2 Å². The highest BCUT2D eigenvalue weighted by atomic mass is 16.5. The first-order valence-electron chi connectivity index (χ1n) is 7.38. The van der Waals surface area contributed by atoms with E-state index in [1.54, 1.807) is 12.0 Å². The molecule has 0 aliphatic carbocycles. The van der Waals surface area contributed by atoms with Gasteiger partial charge in [-0.25, -0.2) is 0 Å². The molecule has 0 fully saturated rings. The van der Waals surface area contributed by atoms with Gasteiger partial charge < -0.3 is 19.7 Å². The minimum Gasteiger partial charge on any atom is -0.496 e. The molecule has 1 aromatic carbocycles. The maximum absolute atomic E-state index is 12.1. The Kier molecular flexibility index (Phi) is 5.89. The second kappa shape index (κ2) is 8.09. The largest absolute Gasteiger partial charge is 0.496 e. The number of para-hydroxylation sites is 1. The summed E-state index contributed by atoms with van der Waals surface area (Å²) in [6.07, 6.45) is 0.215. The lowest BCUT2D eigenvalue weighted by Gasteiger charge is -2.12. The molecule has 0 saturated heterocycles. The molecule has 2 rings (SSSR count). The molecule has 1 aromatic heterocycles. The van der Waals surface area contributed by atoms with Crippen molar-refractivity contribution in [3.8, 4) is 11.8 Å². The first kappa shape index (κ1) is 17.5. The number of carbonyl (C=O) groups excluding carboxylic acids is 1. The van der Waals surface area contributed by atoms with Crippen molar-refractivity contribution in [3.63, 3.8) is 0 Å². The maximum atomic E-state index is 12.1. The van der Waals surface area contributed by atoms with Crippen LogP contribution in [0.15, 0.2) is 24.3 Å². The van der Waals surface area contributed by atoms with Crippen LogP contribution in [0.2, 0.25) is 0 Å². The maximum Gasteiger partial charge on any atom is 0.321 e. The second-order valence-corrected chi connectivity index (χ2v) is 5.20. The number of amides is 1. The standard InChI is InChI=1S/C16H21N5O3/c1-21(2)15-18-13(19-16(20-15)24-4)10-17-14(22)9-11-7-5-6-8-12(11)23-3/h5-8H,9-10H2,1-4H3,(H,17,22). The van der Waals surface area contributed by atoms with E-state index < -0.39 is 0 Å². The van der Waals surface area contributed by atoms with Gasteiger partial charge in [0.2, 0.25) is 11.9 Å². The summed E-state index contributed by atoms with van der Waals surface area (Å²) in [5, 5.41) is 2.79. The molecule has 0 spiro atoms. The molecule has 8 heteroatoms. The number of anilines is 1. The number of hydrogen-bond donors (Lipinski definition) is 1. The number of aromatic nitrogens is 3. The molecule has 8 nitrogen and oxygen atoms in total. The smallest absolute Gasteiger partial charge is 0.321 e. The van der Waals surface area contributed by atoms with E-state index in [4.69, 9.17) is 9.47 Å². The van der Waals surface area contributed by atoms with Crippen LogP contribution in [-0.2, 0) is 17.8 Å². The van der Waals surface area contributed by atoms with E-state index in [-0.39, 0.29) is 24.9 Å². The topological polar surface area (TPSA) is 89.5 Å². The monoisotopic (exact) mass is 331 g/mol. The predicted octanol–water partition coefficient (Wildman–Crippen LogP) is 0.814. The van der Waals surface area contributed by atoms with Gasteiger partial charge in [0.05, 0.1) is 27.2 Å². The summed E-state index contributed by atoms with van der Waals surface area (Å²) in [6.45, 7) is 0.188. The van der Waals surface area contributed by atoms with Gasteiger partial charge in [-0.3, -0.25) is 4.79 Å². The molecular weight excluding hydrogens is 310 g/mol. The third kappa shape index (κ3) is 4.55. The van der Waals surface area contributed by atoms with Crippen LogP contribution in [0.4, 0.5) is 5.95 Å². The zero-order chi connectivity index (χ0) is 17.5. The molecule has 1 heterocycles. The summed E-state index contributed by atoms with van der Waals surface area (Å²) in [5.74, 6) is 1.43. The van der Waals surface area contributed by atoms with Crippen molar-refractivity contribution in [1.82, 2.24) is 20.3 Å². The quantitative estimate of drug-likeness (QED) is 0.803. The Balaban J connectivity index is 2.02. The van der Waals surface area contributed by atoms with E-state index in [1.807, 2.05) is 38.4 Å². The van der Waals surface area contributed by atoms with Gasteiger partial charge in [0, 0.05) is 19.7 Å². The minimum absolute atomic E-state index is 0.148. The van der Waals surface area contributed by atoms with E-state index in [9.17, 15) is 4.79 Å². The molecule has 0 aliphatic heterocycles. The van der Waals surface area contributed by atoms with Crippen molar-refractivity contribution < 1.29 is 14.3 Å². The SMILES string of the molecule is COc1nc(CNC(=O)Cc2ccccc2OC)nc(N(C)C)n1. The normalized spacial score (nSPS) is 10.2. The summed E-state index contributed by atoms with van der Waals surface area (Å²) in [4.78, 5) is 26.4. The molecule has 1 N–H and O–H groups in total. The van der Waals surface area contributed by atoms with Crippen LogP contribution in [0.1, 0.15) is 11.4 Å². The van der Waals surface area contributed by atoms with E-state index in [2.05, 4.69) is 20.3 Å². The fourth-order valence-electron chi connectivity index (χ4n) is 2.02. The average Bonchev–Trinajstić information content (AvgIpc) is 2.60. The van der Waals surface area contributed by atoms with Crippen LogP contribution in [0.5, 0.6) is 11.8 Å². The molecule has 0 bridgehead atoms. The number of nitrogens with one attached hydrogen (secondary N) is 1. The van der Waals surface area contributed by atoms with E-state index >= 15 is 0 Å². The van der Waals surface area contributed by atoms with Crippen molar-refractivity contribution in [1.29, 1.82) is 0 Å². The first-order valence-corrected chi connectivity index (χ1v) is 7.38. The molecular formula is C16H21N5O3. The number of benzene rings is 1. The van der Waals surface area contributed by atoms with Crippen LogP contribution >= 0.6 is 0 Å². The zero-order valence-corrected chi connectivity index (χ0v) is 14.2. The van der Waals surface area contributed by atoms with Gasteiger partial charge >= 0.3 is 6.01 Å². The third-order valence-electron chi connectivity index (χ3n) is 3.22. The van der Waals surface area contributed by atoms with E-state index in [1.165, 1.54) is 7.11 Å². The fraction of sp³-hybridized carbons (Fsp3) is 0.375. The first-order chi connectivity index (χ1) is 11.5. The Morgan fingerprint density at radius 1 is 1.12 bits per heavy atom. The number of rotatable bonds is 7. The molecule has 24 heavy (non-hydrogen) atoms. The van der Waals surface area contributed by atoms with Crippen molar-refractivity contribution >= 4 is 11.9 Å². The second-order valence-electron chi connectivity index (χ2n) is 5.20. The number of nitrogens with zero attached hydrogens (tertiary/aromatic N) is 4. The van der Waals surface area contributed by atoms with Crippen molar-refractivity contribution in [2.24, 2.45) is 0 Å². The van der Waals surface area contributed by atoms with Gasteiger partial charge in [-0.2, -0.15) is 15.0 Å². The highest BCUT2D eigenvalue weighted by Gasteiger charge is 2.11. The lowest BCUT2D eigenvalue weighted by atomic mass is 10.1. The number of hydrogen-bond acceptors (Lipinski definition) is 7. The Hall–Kier alpha value is -2.90. The molecule has 1 amide bonds. The summed E-state index contributed by atoms with van der Waals surface area (Å²) >= 11 is 0. The Labute approximate surface area is 140 Å². The van der Waals surface area contributed by atoms with Crippen molar-refractivity contribution in [2.75, 3.05) is 33.2 Å². The van der Waals surface area contributed by atoms with Crippen molar-refractivity contribution in [3.05, 3.63) is 35.7 Å². The summed E-state index contributed by atoms with van der Waals surface area (Å²) < 4.78 is 10.3. The predicted molar refractivity (Wildman–Crippen MR) is 89.3 cm³/mol. The summed E-state index contributed by atoms with van der Waals surface area (Å²) in [7, 11) is 6.70. The molecule has 2 aromatic rings. The zero-order valence-electron chi connectivity index (χ0n) is 14.2. The van der Waals surface area contributed by atoms with E-state index in [0.29, 0.717) is 17.5 Å². The number of carbonyl (C=O) groups is 1. The van der Waals surface area contributed by atoms with Gasteiger partial charge in [0.1, 0.15) is 5.75 Å².